The predicted octanol–water partition coefficient (Wildman–Crippen LogP) is 4.10. The van der Waals surface area contributed by atoms with Crippen LogP contribution in [0.1, 0.15) is 36.1 Å². The van der Waals surface area contributed by atoms with Gasteiger partial charge in [-0.15, -0.1) is 11.8 Å². The highest BCUT2D eigenvalue weighted by atomic mass is 35.5. The Morgan fingerprint density at radius 1 is 1.24 bits per heavy atom. The van der Waals surface area contributed by atoms with Crippen molar-refractivity contribution in [3.8, 4) is 0 Å². The molecule has 25 heavy (non-hydrogen) atoms. The van der Waals surface area contributed by atoms with Crippen molar-refractivity contribution < 1.29 is 5.11 Å². The van der Waals surface area contributed by atoms with Gasteiger partial charge in [-0.3, -0.25) is 4.57 Å². The largest absolute Gasteiger partial charge is 0.396 e. The SMILES string of the molecule is O=c1nc(SCc2ccc(Cl)cc2Cl)c2c(n1CCCO)CCCC2. The van der Waals surface area contributed by atoms with Crippen LogP contribution in [0.25, 0.3) is 0 Å². The summed E-state index contributed by atoms with van der Waals surface area (Å²) < 4.78 is 1.74. The van der Waals surface area contributed by atoms with Crippen LogP contribution in [0.2, 0.25) is 10.0 Å². The average molecular weight is 399 g/mol. The Hall–Kier alpha value is -1.01. The molecule has 0 amide bonds. The van der Waals surface area contributed by atoms with Gasteiger partial charge in [0.2, 0.25) is 0 Å². The Bertz CT molecular complexity index is 823. The van der Waals surface area contributed by atoms with Crippen molar-refractivity contribution in [1.82, 2.24) is 9.55 Å². The minimum Gasteiger partial charge on any atom is -0.396 e. The first-order valence-corrected chi connectivity index (χ1v) is 10.1. The molecule has 0 bridgehead atoms. The third-order valence-electron chi connectivity index (χ3n) is 4.37. The number of aliphatic hydroxyl groups is 1. The van der Waals surface area contributed by atoms with E-state index in [1.165, 1.54) is 5.56 Å². The summed E-state index contributed by atoms with van der Waals surface area (Å²) in [6.07, 6.45) is 4.61. The Morgan fingerprint density at radius 3 is 2.80 bits per heavy atom. The van der Waals surface area contributed by atoms with Gasteiger partial charge in [-0.05, 0) is 49.8 Å². The second-order valence-corrected chi connectivity index (χ2v) is 7.89. The van der Waals surface area contributed by atoms with Crippen molar-refractivity contribution in [3.63, 3.8) is 0 Å². The molecule has 1 aromatic carbocycles. The van der Waals surface area contributed by atoms with Gasteiger partial charge >= 0.3 is 5.69 Å². The number of nitrogens with zero attached hydrogens (tertiary/aromatic N) is 2. The van der Waals surface area contributed by atoms with Crippen LogP contribution in [0, 0.1) is 0 Å². The molecule has 4 nitrogen and oxygen atoms in total. The van der Waals surface area contributed by atoms with E-state index in [9.17, 15) is 4.79 Å². The molecule has 134 valence electrons. The summed E-state index contributed by atoms with van der Waals surface area (Å²) in [4.78, 5) is 16.8. The van der Waals surface area contributed by atoms with Gasteiger partial charge in [-0.1, -0.05) is 29.3 Å². The van der Waals surface area contributed by atoms with Crippen molar-refractivity contribution in [2.24, 2.45) is 0 Å². The molecule has 1 N–H and O–H groups in total. The van der Waals surface area contributed by atoms with Gasteiger partial charge in [-0.2, -0.15) is 4.98 Å². The van der Waals surface area contributed by atoms with E-state index in [-0.39, 0.29) is 12.3 Å². The van der Waals surface area contributed by atoms with E-state index < -0.39 is 0 Å². The summed E-state index contributed by atoms with van der Waals surface area (Å²) in [6, 6.07) is 5.46. The summed E-state index contributed by atoms with van der Waals surface area (Å²) in [6.45, 7) is 0.603. The first-order chi connectivity index (χ1) is 12.1. The maximum atomic E-state index is 12.5. The molecular formula is C18H20Cl2N2O2S. The fourth-order valence-electron chi connectivity index (χ4n) is 3.11. The van der Waals surface area contributed by atoms with Crippen molar-refractivity contribution in [2.45, 2.75) is 49.4 Å². The van der Waals surface area contributed by atoms with Gasteiger partial charge in [0.25, 0.3) is 0 Å². The smallest absolute Gasteiger partial charge is 0.348 e. The third-order valence-corrected chi connectivity index (χ3v) is 6.02. The quantitative estimate of drug-likeness (QED) is 0.587. The standard InChI is InChI=1S/C18H20Cl2N2O2S/c19-13-7-6-12(15(20)10-13)11-25-17-14-4-1-2-5-16(14)22(8-3-9-23)18(24)21-17/h6-7,10,23H,1-5,8-9,11H2. The van der Waals surface area contributed by atoms with Crippen molar-refractivity contribution in [1.29, 1.82) is 0 Å². The molecule has 0 radical (unpaired) electrons. The molecule has 0 spiro atoms. The number of aromatic nitrogens is 2. The van der Waals surface area contributed by atoms with E-state index in [1.807, 2.05) is 12.1 Å². The van der Waals surface area contributed by atoms with Gasteiger partial charge in [0, 0.05) is 40.2 Å². The molecule has 1 aliphatic carbocycles. The molecular weight excluding hydrogens is 379 g/mol. The normalized spacial score (nSPS) is 13.7. The molecule has 0 atom stereocenters. The summed E-state index contributed by atoms with van der Waals surface area (Å²) in [5.41, 5.74) is 3.02. The minimum atomic E-state index is -0.223. The number of rotatable bonds is 6. The Labute approximate surface area is 161 Å². The van der Waals surface area contributed by atoms with Gasteiger partial charge in [0.05, 0.1) is 0 Å². The summed E-state index contributed by atoms with van der Waals surface area (Å²) >= 11 is 13.7. The number of thioether (sulfide) groups is 1. The van der Waals surface area contributed by atoms with Crippen LogP contribution >= 0.6 is 35.0 Å². The van der Waals surface area contributed by atoms with Crippen LogP contribution in [0.5, 0.6) is 0 Å². The van der Waals surface area contributed by atoms with E-state index >= 15 is 0 Å². The van der Waals surface area contributed by atoms with E-state index in [0.29, 0.717) is 28.8 Å². The molecule has 0 unspecified atom stereocenters. The molecule has 7 heteroatoms. The van der Waals surface area contributed by atoms with Crippen LogP contribution in [0.3, 0.4) is 0 Å². The molecule has 3 rings (SSSR count). The predicted molar refractivity (Wildman–Crippen MR) is 103 cm³/mol. The molecule has 0 saturated carbocycles. The zero-order chi connectivity index (χ0) is 17.8. The minimum absolute atomic E-state index is 0.0762. The first-order valence-electron chi connectivity index (χ1n) is 8.40. The van der Waals surface area contributed by atoms with Crippen molar-refractivity contribution >= 4 is 35.0 Å². The molecule has 1 heterocycles. The topological polar surface area (TPSA) is 55.1 Å². The fourth-order valence-corrected chi connectivity index (χ4v) is 4.75. The molecule has 1 aliphatic rings. The first kappa shape index (κ1) is 18.8. The van der Waals surface area contributed by atoms with Gasteiger partial charge in [-0.25, -0.2) is 4.79 Å². The van der Waals surface area contributed by atoms with E-state index in [2.05, 4.69) is 4.98 Å². The Kier molecular flexibility index (Phi) is 6.44. The number of benzene rings is 1. The Balaban J connectivity index is 1.88. The number of hydrogen-bond acceptors (Lipinski definition) is 4. The summed E-state index contributed by atoms with van der Waals surface area (Å²) in [5, 5.41) is 11.1. The molecule has 0 aliphatic heterocycles. The van der Waals surface area contributed by atoms with Crippen LogP contribution in [0.4, 0.5) is 0 Å². The van der Waals surface area contributed by atoms with Gasteiger partial charge < -0.3 is 5.11 Å². The number of fused-ring (bicyclic) bond motifs is 1. The third kappa shape index (κ3) is 4.40. The molecule has 0 saturated heterocycles. The zero-order valence-corrected chi connectivity index (χ0v) is 16.1. The number of aliphatic hydroxyl groups excluding tert-OH is 1. The molecule has 0 fully saturated rings. The van der Waals surface area contributed by atoms with Gasteiger partial charge in [0.1, 0.15) is 5.03 Å². The number of hydrogen-bond donors (Lipinski definition) is 1. The summed E-state index contributed by atoms with van der Waals surface area (Å²) in [7, 11) is 0. The highest BCUT2D eigenvalue weighted by Gasteiger charge is 2.20. The molecule has 2 aromatic rings. The molecule has 1 aromatic heterocycles. The lowest BCUT2D eigenvalue weighted by Gasteiger charge is -2.22. The van der Waals surface area contributed by atoms with Crippen LogP contribution in [0.15, 0.2) is 28.0 Å². The lowest BCUT2D eigenvalue weighted by molar-refractivity contribution is 0.277. The van der Waals surface area contributed by atoms with Gasteiger partial charge in [0.15, 0.2) is 0 Å². The lowest BCUT2D eigenvalue weighted by Crippen LogP contribution is -2.30. The van der Waals surface area contributed by atoms with Crippen LogP contribution < -0.4 is 5.69 Å². The summed E-state index contributed by atoms with van der Waals surface area (Å²) in [5.74, 6) is 0.648. The maximum absolute atomic E-state index is 12.5. The van der Waals surface area contributed by atoms with Crippen molar-refractivity contribution in [3.05, 3.63) is 55.5 Å². The van der Waals surface area contributed by atoms with Crippen LogP contribution in [-0.2, 0) is 25.1 Å². The highest BCUT2D eigenvalue weighted by molar-refractivity contribution is 7.98. The van der Waals surface area contributed by atoms with Crippen LogP contribution in [-0.4, -0.2) is 21.3 Å². The van der Waals surface area contributed by atoms with Crippen molar-refractivity contribution in [2.75, 3.05) is 6.61 Å². The lowest BCUT2D eigenvalue weighted by atomic mass is 9.97. The monoisotopic (exact) mass is 398 g/mol. The highest BCUT2D eigenvalue weighted by Crippen LogP contribution is 2.32. The second kappa shape index (κ2) is 8.58. The Morgan fingerprint density at radius 2 is 2.04 bits per heavy atom. The number of halogens is 2. The van der Waals surface area contributed by atoms with E-state index in [4.69, 9.17) is 28.3 Å². The fraction of sp³-hybridized carbons (Fsp3) is 0.444. The maximum Gasteiger partial charge on any atom is 0.348 e. The average Bonchev–Trinajstić information content (AvgIpc) is 2.60. The van der Waals surface area contributed by atoms with E-state index in [0.717, 1.165) is 42.0 Å². The van der Waals surface area contributed by atoms with E-state index in [1.54, 1.807) is 22.4 Å². The zero-order valence-electron chi connectivity index (χ0n) is 13.8. The second-order valence-electron chi connectivity index (χ2n) is 6.09.